The topological polar surface area (TPSA) is 57.9 Å². The number of amides is 2. The SMILES string of the molecule is CN1CC2(CCN(C(=O)c3nn4c(C(F)(F)F)cc(C5CC5)cc4c3Cl)CC2)CC1=O. The number of rotatable bonds is 2. The van der Waals surface area contributed by atoms with E-state index in [4.69, 9.17) is 11.6 Å². The van der Waals surface area contributed by atoms with Crippen LogP contribution in [0.25, 0.3) is 5.52 Å². The predicted octanol–water partition coefficient (Wildman–Crippen LogP) is 3.97. The summed E-state index contributed by atoms with van der Waals surface area (Å²) in [5, 5.41) is 3.95. The molecular weight excluding hydrogens is 433 g/mol. The first-order valence-electron chi connectivity index (χ1n) is 10.4. The Kier molecular flexibility index (Phi) is 4.55. The number of alkyl halides is 3. The van der Waals surface area contributed by atoms with Gasteiger partial charge >= 0.3 is 6.18 Å². The van der Waals surface area contributed by atoms with Gasteiger partial charge in [0, 0.05) is 38.5 Å². The van der Waals surface area contributed by atoms with Crippen LogP contribution in [0.2, 0.25) is 5.02 Å². The largest absolute Gasteiger partial charge is 0.433 e. The normalized spacial score (nSPS) is 21.5. The minimum absolute atomic E-state index is 0.0472. The molecule has 0 radical (unpaired) electrons. The van der Waals surface area contributed by atoms with Crippen LogP contribution >= 0.6 is 11.6 Å². The maximum absolute atomic E-state index is 13.7. The number of hydrogen-bond acceptors (Lipinski definition) is 3. The van der Waals surface area contributed by atoms with E-state index < -0.39 is 17.8 Å². The number of halogens is 4. The Morgan fingerprint density at radius 2 is 1.90 bits per heavy atom. The minimum Gasteiger partial charge on any atom is -0.345 e. The second kappa shape index (κ2) is 6.85. The number of pyridine rings is 1. The number of carbonyl (C=O) groups is 2. The van der Waals surface area contributed by atoms with Crippen LogP contribution in [0, 0.1) is 5.41 Å². The van der Waals surface area contributed by atoms with Crippen LogP contribution in [0.5, 0.6) is 0 Å². The first kappa shape index (κ1) is 20.6. The van der Waals surface area contributed by atoms with Gasteiger partial charge in [0.1, 0.15) is 5.69 Å². The lowest BCUT2D eigenvalue weighted by atomic mass is 9.77. The van der Waals surface area contributed by atoms with Crippen LogP contribution in [0.3, 0.4) is 0 Å². The van der Waals surface area contributed by atoms with Crippen molar-refractivity contribution in [3.63, 3.8) is 0 Å². The molecule has 0 unspecified atom stereocenters. The quantitative estimate of drug-likeness (QED) is 0.690. The molecule has 166 valence electrons. The molecule has 10 heteroatoms. The fourth-order valence-corrected chi connectivity index (χ4v) is 5.15. The molecule has 3 aliphatic rings. The molecule has 2 aromatic heterocycles. The Hall–Kier alpha value is -2.29. The fourth-order valence-electron chi connectivity index (χ4n) is 4.90. The summed E-state index contributed by atoms with van der Waals surface area (Å²) in [5.41, 5.74) is -0.518. The summed E-state index contributed by atoms with van der Waals surface area (Å²) in [4.78, 5) is 28.4. The number of nitrogens with zero attached hydrogens (tertiary/aromatic N) is 4. The molecule has 1 saturated carbocycles. The molecule has 5 rings (SSSR count). The molecule has 3 fully saturated rings. The molecule has 2 saturated heterocycles. The zero-order valence-electron chi connectivity index (χ0n) is 17.0. The Morgan fingerprint density at radius 1 is 1.23 bits per heavy atom. The lowest BCUT2D eigenvalue weighted by molar-refractivity contribution is -0.142. The smallest absolute Gasteiger partial charge is 0.345 e. The highest BCUT2D eigenvalue weighted by molar-refractivity contribution is 6.36. The van der Waals surface area contributed by atoms with E-state index in [2.05, 4.69) is 5.10 Å². The van der Waals surface area contributed by atoms with Gasteiger partial charge in [-0.1, -0.05) is 11.6 Å². The van der Waals surface area contributed by atoms with Crippen molar-refractivity contribution in [1.29, 1.82) is 0 Å². The molecule has 0 atom stereocenters. The average molecular weight is 455 g/mol. The van der Waals surface area contributed by atoms with Crippen LogP contribution in [0.15, 0.2) is 12.1 Å². The van der Waals surface area contributed by atoms with E-state index in [1.807, 2.05) is 0 Å². The van der Waals surface area contributed by atoms with E-state index >= 15 is 0 Å². The van der Waals surface area contributed by atoms with E-state index in [0.29, 0.717) is 44.5 Å². The number of aromatic nitrogens is 2. The summed E-state index contributed by atoms with van der Waals surface area (Å²) < 4.78 is 41.8. The molecule has 2 amide bonds. The molecule has 6 nitrogen and oxygen atoms in total. The van der Waals surface area contributed by atoms with Gasteiger partial charge in [-0.25, -0.2) is 4.52 Å². The van der Waals surface area contributed by atoms with Crippen LogP contribution in [-0.2, 0) is 11.0 Å². The highest BCUT2D eigenvalue weighted by atomic mass is 35.5. The summed E-state index contributed by atoms with van der Waals surface area (Å²) in [6.45, 7) is 1.51. The van der Waals surface area contributed by atoms with E-state index in [1.165, 1.54) is 0 Å². The van der Waals surface area contributed by atoms with Crippen molar-refractivity contribution in [2.45, 2.75) is 44.2 Å². The van der Waals surface area contributed by atoms with Crippen LogP contribution in [0.4, 0.5) is 13.2 Å². The molecule has 31 heavy (non-hydrogen) atoms. The standard InChI is InChI=1S/C21H22ClF3N4O2/c1-27-11-20(10-16(27)30)4-6-28(7-5-20)19(31)18-17(22)14-8-13(12-2-3-12)9-15(21(23,24)25)29(14)26-18/h8-9,12H,2-7,10-11H2,1H3. The van der Waals surface area contributed by atoms with Gasteiger partial charge in [-0.15, -0.1) is 0 Å². The Bertz CT molecular complexity index is 1080. The maximum Gasteiger partial charge on any atom is 0.433 e. The fraction of sp³-hybridized carbons (Fsp3) is 0.571. The highest BCUT2D eigenvalue weighted by Gasteiger charge is 2.45. The summed E-state index contributed by atoms with van der Waals surface area (Å²) in [6, 6.07) is 2.73. The van der Waals surface area contributed by atoms with Gasteiger partial charge in [0.25, 0.3) is 5.91 Å². The van der Waals surface area contributed by atoms with Gasteiger partial charge in [-0.05, 0) is 49.3 Å². The number of carbonyl (C=O) groups excluding carboxylic acids is 2. The van der Waals surface area contributed by atoms with E-state index in [9.17, 15) is 22.8 Å². The van der Waals surface area contributed by atoms with E-state index in [-0.39, 0.29) is 33.5 Å². The molecule has 1 aliphatic carbocycles. The third kappa shape index (κ3) is 3.46. The van der Waals surface area contributed by atoms with Crippen molar-refractivity contribution in [3.8, 4) is 0 Å². The molecule has 0 N–H and O–H groups in total. The second-order valence-electron chi connectivity index (χ2n) is 9.12. The first-order valence-corrected chi connectivity index (χ1v) is 10.8. The van der Waals surface area contributed by atoms with Crippen molar-refractivity contribution < 1.29 is 22.8 Å². The summed E-state index contributed by atoms with van der Waals surface area (Å²) in [6.07, 6.45) is -1.12. The third-order valence-corrected chi connectivity index (χ3v) is 7.25. The van der Waals surface area contributed by atoms with Crippen molar-refractivity contribution >= 4 is 28.9 Å². The summed E-state index contributed by atoms with van der Waals surface area (Å²) in [7, 11) is 1.78. The molecule has 0 aromatic carbocycles. The monoisotopic (exact) mass is 454 g/mol. The van der Waals surface area contributed by atoms with Gasteiger partial charge in [-0.2, -0.15) is 18.3 Å². The lowest BCUT2D eigenvalue weighted by Crippen LogP contribution is -2.44. The van der Waals surface area contributed by atoms with Crippen LogP contribution in [-0.4, -0.2) is 57.9 Å². The van der Waals surface area contributed by atoms with Crippen LogP contribution in [0.1, 0.15) is 59.8 Å². The zero-order chi connectivity index (χ0) is 22.1. The molecule has 0 bridgehead atoms. The first-order chi connectivity index (χ1) is 14.6. The van der Waals surface area contributed by atoms with E-state index in [1.54, 1.807) is 22.9 Å². The van der Waals surface area contributed by atoms with Gasteiger partial charge in [0.2, 0.25) is 5.91 Å². The van der Waals surface area contributed by atoms with Gasteiger partial charge in [0.15, 0.2) is 5.69 Å². The van der Waals surface area contributed by atoms with Crippen molar-refractivity contribution in [1.82, 2.24) is 19.4 Å². The van der Waals surface area contributed by atoms with E-state index in [0.717, 1.165) is 23.4 Å². The molecular formula is C21H22ClF3N4O2. The van der Waals surface area contributed by atoms with Crippen molar-refractivity contribution in [2.24, 2.45) is 5.41 Å². The van der Waals surface area contributed by atoms with Crippen molar-refractivity contribution in [3.05, 3.63) is 34.1 Å². The number of fused-ring (bicyclic) bond motifs is 1. The number of piperidine rings is 1. The Labute approximate surface area is 181 Å². The van der Waals surface area contributed by atoms with Gasteiger partial charge < -0.3 is 9.80 Å². The molecule has 2 aromatic rings. The van der Waals surface area contributed by atoms with Gasteiger partial charge in [-0.3, -0.25) is 9.59 Å². The molecule has 4 heterocycles. The highest BCUT2D eigenvalue weighted by Crippen LogP contribution is 2.44. The molecule has 1 spiro atoms. The maximum atomic E-state index is 13.7. The van der Waals surface area contributed by atoms with Crippen LogP contribution < -0.4 is 0 Å². The third-order valence-electron chi connectivity index (χ3n) is 6.87. The minimum atomic E-state index is -4.61. The second-order valence-corrected chi connectivity index (χ2v) is 9.50. The molecule has 2 aliphatic heterocycles. The average Bonchev–Trinajstić information content (AvgIpc) is 3.45. The summed E-state index contributed by atoms with van der Waals surface area (Å²) >= 11 is 6.40. The number of hydrogen-bond donors (Lipinski definition) is 0. The Morgan fingerprint density at radius 3 is 2.45 bits per heavy atom. The zero-order valence-corrected chi connectivity index (χ0v) is 17.8. The predicted molar refractivity (Wildman–Crippen MR) is 107 cm³/mol. The lowest BCUT2D eigenvalue weighted by Gasteiger charge is -2.38. The van der Waals surface area contributed by atoms with Gasteiger partial charge in [0.05, 0.1) is 10.5 Å². The Balaban J connectivity index is 1.45. The van der Waals surface area contributed by atoms with Crippen molar-refractivity contribution in [2.75, 3.05) is 26.7 Å². The summed E-state index contributed by atoms with van der Waals surface area (Å²) in [5.74, 6) is -0.265. The number of likely N-dealkylation sites (tertiary alicyclic amines) is 2.